The zero-order valence-corrected chi connectivity index (χ0v) is 26.3. The fourth-order valence-corrected chi connectivity index (χ4v) is 5.80. The van der Waals surface area contributed by atoms with Gasteiger partial charge in [-0.3, -0.25) is 9.59 Å². The van der Waals surface area contributed by atoms with Crippen LogP contribution in [0.15, 0.2) is 42.5 Å². The molecule has 9 nitrogen and oxygen atoms in total. The van der Waals surface area contributed by atoms with Crippen LogP contribution in [0.4, 0.5) is 52.4 Å². The number of alkyl halides is 8. The zero-order valence-electron chi connectivity index (χ0n) is 24.8. The normalized spacial score (nSPS) is 14.7. The molecule has 1 aliphatic carbocycles. The first-order valence-corrected chi connectivity index (χ1v) is 15.1. The Hall–Kier alpha value is -4.38. The number of carbonyl (C=O) groups excluding carboxylic acids is 2. The number of pyridine rings is 1. The van der Waals surface area contributed by atoms with Crippen LogP contribution in [0.3, 0.4) is 0 Å². The molecule has 2 aromatic carbocycles. The number of hydrogen-bond acceptors (Lipinski definition) is 6. The van der Waals surface area contributed by atoms with E-state index < -0.39 is 54.1 Å². The van der Waals surface area contributed by atoms with Gasteiger partial charge < -0.3 is 25.7 Å². The molecule has 19 heteroatoms. The van der Waals surface area contributed by atoms with Crippen LogP contribution < -0.4 is 20.7 Å². The Morgan fingerprint density at radius 2 is 1.65 bits per heavy atom. The van der Waals surface area contributed by atoms with Crippen LogP contribution >= 0.6 is 23.2 Å². The van der Waals surface area contributed by atoms with Gasteiger partial charge in [-0.05, 0) is 54.8 Å². The van der Waals surface area contributed by atoms with Gasteiger partial charge in [0.15, 0.2) is 12.3 Å². The Morgan fingerprint density at radius 3 is 2.27 bits per heavy atom. The maximum atomic E-state index is 13.8. The van der Waals surface area contributed by atoms with Crippen LogP contribution in [0, 0.1) is 5.41 Å². The number of aromatic amines is 1. The summed E-state index contributed by atoms with van der Waals surface area (Å²) in [4.78, 5) is 36.8. The van der Waals surface area contributed by atoms with Gasteiger partial charge >= 0.3 is 12.4 Å². The Balaban J connectivity index is 1.38. The van der Waals surface area contributed by atoms with Gasteiger partial charge in [-0.25, -0.2) is 8.78 Å². The highest BCUT2D eigenvalue weighted by molar-refractivity contribution is 6.39. The minimum Gasteiger partial charge on any atom is -0.471 e. The molecule has 1 saturated carbocycles. The van der Waals surface area contributed by atoms with E-state index in [9.17, 15) is 44.7 Å². The summed E-state index contributed by atoms with van der Waals surface area (Å²) in [6.07, 6.45) is -12.4. The molecule has 1 fully saturated rings. The van der Waals surface area contributed by atoms with Gasteiger partial charge in [0.05, 0.1) is 26.8 Å². The van der Waals surface area contributed by atoms with Crippen molar-refractivity contribution in [3.63, 3.8) is 0 Å². The van der Waals surface area contributed by atoms with Crippen molar-refractivity contribution >= 4 is 63.5 Å². The summed E-state index contributed by atoms with van der Waals surface area (Å²) in [5.74, 6) is -2.74. The summed E-state index contributed by atoms with van der Waals surface area (Å²) >= 11 is 12.8. The molecule has 49 heavy (non-hydrogen) atoms. The summed E-state index contributed by atoms with van der Waals surface area (Å²) < 4.78 is 111. The number of ether oxygens (including phenoxy) is 1. The molecule has 2 amide bonds. The second-order valence-electron chi connectivity index (χ2n) is 11.0. The van der Waals surface area contributed by atoms with Gasteiger partial charge in [0.25, 0.3) is 12.3 Å². The van der Waals surface area contributed by atoms with Gasteiger partial charge in [0.1, 0.15) is 11.0 Å². The lowest BCUT2D eigenvalue weighted by atomic mass is 9.84. The Kier molecular flexibility index (Phi) is 10.2. The number of halogens is 10. The van der Waals surface area contributed by atoms with E-state index in [1.807, 2.05) is 0 Å². The number of carbonyl (C=O) groups is 2. The van der Waals surface area contributed by atoms with Gasteiger partial charge in [0, 0.05) is 12.2 Å². The third-order valence-corrected chi connectivity index (χ3v) is 8.53. The molecule has 0 aliphatic heterocycles. The van der Waals surface area contributed by atoms with Crippen molar-refractivity contribution in [2.75, 3.05) is 17.2 Å². The third kappa shape index (κ3) is 7.77. The molecular weight excluding hydrogens is 715 g/mol. The molecule has 4 aromatic rings. The summed E-state index contributed by atoms with van der Waals surface area (Å²) in [5.41, 5.74) is -3.64. The summed E-state index contributed by atoms with van der Waals surface area (Å²) in [5, 5.41) is 7.47. The predicted octanol–water partition coefficient (Wildman–Crippen LogP) is 8.66. The number of H-pyrrole nitrogens is 1. The second kappa shape index (κ2) is 13.9. The number of fused-ring (bicyclic) bond motifs is 1. The molecule has 0 radical (unpaired) electrons. The number of nitrogens with zero attached hydrogens (tertiary/aromatic N) is 2. The van der Waals surface area contributed by atoms with E-state index >= 15 is 0 Å². The highest BCUT2D eigenvalue weighted by Crippen LogP contribution is 2.50. The van der Waals surface area contributed by atoms with Crippen molar-refractivity contribution in [1.29, 1.82) is 0 Å². The average Bonchev–Trinajstić information content (AvgIpc) is 3.69. The van der Waals surface area contributed by atoms with Crippen molar-refractivity contribution in [2.45, 2.75) is 51.0 Å². The Labute approximate surface area is 281 Å². The molecule has 0 saturated heterocycles. The maximum Gasteiger partial charge on any atom is 0.416 e. The molecule has 2 heterocycles. The minimum atomic E-state index is -4.73. The minimum absolute atomic E-state index is 0.0370. The van der Waals surface area contributed by atoms with Gasteiger partial charge in [0.2, 0.25) is 17.7 Å². The van der Waals surface area contributed by atoms with Gasteiger partial charge in [-0.15, -0.1) is 0 Å². The number of amides is 2. The largest absolute Gasteiger partial charge is 0.471 e. The molecule has 1 aliphatic rings. The molecule has 0 atom stereocenters. The van der Waals surface area contributed by atoms with E-state index in [-0.39, 0.29) is 81.9 Å². The standard InChI is InChI=1S/C30H24Cl2F8N6O3/c31-18-8-3-14(12-41-26(48)28(30(38,39)40)9-1-2-10-28)21(32)22(18)44-27-43-19-11-17(25(45-23(19)46-27)49-13-20(33)34)24(47)42-16-6-4-15(5-7-16)29(35,36)37/h3-8,11,20H,1-2,9-10,12-13H2,(H,41,48)(H,42,47)(H2,43,44,45,46). The Bertz CT molecular complexity index is 1860. The zero-order chi connectivity index (χ0) is 35.7. The molecule has 0 bridgehead atoms. The molecule has 4 N–H and O–H groups in total. The van der Waals surface area contributed by atoms with Crippen LogP contribution in [0.1, 0.15) is 47.2 Å². The summed E-state index contributed by atoms with van der Waals surface area (Å²) in [7, 11) is 0. The SMILES string of the molecule is O=C(Nc1ccc(C(F)(F)F)cc1)c1cc2[nH]c(Nc3c(Cl)ccc(CNC(=O)C4(C(F)(F)F)CCCC4)c3Cl)nc2nc1OCC(F)F. The molecular formula is C30H24Cl2F8N6O3. The molecule has 262 valence electrons. The first kappa shape index (κ1) is 35.9. The fourth-order valence-electron chi connectivity index (χ4n) is 5.27. The van der Waals surface area contributed by atoms with E-state index in [2.05, 4.69) is 30.9 Å². The van der Waals surface area contributed by atoms with Crippen molar-refractivity contribution in [3.05, 3.63) is 69.2 Å². The highest BCUT2D eigenvalue weighted by atomic mass is 35.5. The van der Waals surface area contributed by atoms with Crippen LogP contribution in [0.2, 0.25) is 10.0 Å². The van der Waals surface area contributed by atoms with Crippen molar-refractivity contribution in [1.82, 2.24) is 20.3 Å². The lowest BCUT2D eigenvalue weighted by Crippen LogP contribution is -2.48. The lowest BCUT2D eigenvalue weighted by Gasteiger charge is -2.30. The lowest BCUT2D eigenvalue weighted by molar-refractivity contribution is -0.220. The number of anilines is 3. The number of nitrogens with one attached hydrogen (secondary N) is 4. The Morgan fingerprint density at radius 1 is 0.980 bits per heavy atom. The van der Waals surface area contributed by atoms with Crippen molar-refractivity contribution < 1.29 is 49.4 Å². The van der Waals surface area contributed by atoms with Crippen LogP contribution in [0.5, 0.6) is 5.88 Å². The van der Waals surface area contributed by atoms with Crippen molar-refractivity contribution in [3.8, 4) is 5.88 Å². The van der Waals surface area contributed by atoms with E-state index in [1.165, 1.54) is 12.1 Å². The van der Waals surface area contributed by atoms with E-state index in [4.69, 9.17) is 27.9 Å². The summed E-state index contributed by atoms with van der Waals surface area (Å²) in [6, 6.07) is 7.45. The molecule has 0 spiro atoms. The van der Waals surface area contributed by atoms with Gasteiger partial charge in [-0.2, -0.15) is 36.3 Å². The van der Waals surface area contributed by atoms with E-state index in [0.29, 0.717) is 0 Å². The number of benzene rings is 2. The van der Waals surface area contributed by atoms with Gasteiger partial charge in [-0.1, -0.05) is 42.1 Å². The molecule has 5 rings (SSSR count). The first-order valence-electron chi connectivity index (χ1n) is 14.4. The molecule has 0 unspecified atom stereocenters. The monoisotopic (exact) mass is 738 g/mol. The second-order valence-corrected chi connectivity index (χ2v) is 11.8. The number of imidazole rings is 1. The van der Waals surface area contributed by atoms with Crippen molar-refractivity contribution in [2.24, 2.45) is 5.41 Å². The average molecular weight is 739 g/mol. The summed E-state index contributed by atoms with van der Waals surface area (Å²) in [6.45, 7) is -1.50. The quantitative estimate of drug-likeness (QED) is 0.121. The predicted molar refractivity (Wildman–Crippen MR) is 163 cm³/mol. The highest BCUT2D eigenvalue weighted by Gasteiger charge is 2.60. The first-order chi connectivity index (χ1) is 23.0. The van der Waals surface area contributed by atoms with E-state index in [0.717, 1.165) is 30.3 Å². The van der Waals surface area contributed by atoms with Crippen LogP contribution in [0.25, 0.3) is 11.2 Å². The van der Waals surface area contributed by atoms with Crippen LogP contribution in [-0.2, 0) is 17.5 Å². The number of hydrogen-bond donors (Lipinski definition) is 4. The number of rotatable bonds is 10. The molecule has 2 aromatic heterocycles. The van der Waals surface area contributed by atoms with Crippen LogP contribution in [-0.4, -0.2) is 46.0 Å². The smallest absolute Gasteiger partial charge is 0.416 e. The topological polar surface area (TPSA) is 121 Å². The fraction of sp³-hybridized carbons (Fsp3) is 0.333. The van der Waals surface area contributed by atoms with E-state index in [1.54, 1.807) is 0 Å². The number of aromatic nitrogens is 3. The maximum absolute atomic E-state index is 13.8. The third-order valence-electron chi connectivity index (χ3n) is 7.79.